The minimum atomic E-state index is -1.89. The zero-order chi connectivity index (χ0) is 22.0. The van der Waals surface area contributed by atoms with Crippen LogP contribution in [0.5, 0.6) is 0 Å². The van der Waals surface area contributed by atoms with E-state index in [1.54, 1.807) is 6.92 Å². The minimum absolute atomic E-state index is 0.00613. The smallest absolute Gasteiger partial charge is 0.418 e. The molecule has 2 aromatic rings. The molecule has 0 aromatic heterocycles. The van der Waals surface area contributed by atoms with Crippen LogP contribution in [0.4, 0.5) is 4.79 Å². The van der Waals surface area contributed by atoms with Gasteiger partial charge >= 0.3 is 6.09 Å². The third-order valence-electron chi connectivity index (χ3n) is 6.50. The summed E-state index contributed by atoms with van der Waals surface area (Å²) in [5, 5.41) is 2.97. The molecule has 1 saturated heterocycles. The van der Waals surface area contributed by atoms with Crippen LogP contribution in [0.25, 0.3) is 0 Å². The van der Waals surface area contributed by atoms with Gasteiger partial charge in [0.1, 0.15) is 0 Å². The number of hydrogen-bond donors (Lipinski definition) is 1. The van der Waals surface area contributed by atoms with E-state index in [1.165, 1.54) is 0 Å². The fraction of sp³-hybridized carbons (Fsp3) is 0.400. The monoisotopic (exact) mass is 420 g/mol. The summed E-state index contributed by atoms with van der Waals surface area (Å²) in [6.07, 6.45) is 2.06. The van der Waals surface area contributed by atoms with Crippen molar-refractivity contribution in [1.82, 2.24) is 10.2 Å². The molecule has 6 nitrogen and oxygen atoms in total. The molecule has 2 aromatic carbocycles. The molecular weight excluding hydrogens is 392 g/mol. The molecule has 1 saturated carbocycles. The summed E-state index contributed by atoms with van der Waals surface area (Å²) in [6.45, 7) is 3.90. The first-order valence-corrected chi connectivity index (χ1v) is 10.9. The van der Waals surface area contributed by atoms with Gasteiger partial charge in [0.2, 0.25) is 0 Å². The molecule has 0 spiro atoms. The molecule has 1 N–H and O–H groups in total. The van der Waals surface area contributed by atoms with Gasteiger partial charge in [0.15, 0.2) is 0 Å². The largest absolute Gasteiger partial charge is 0.422 e. The first kappa shape index (κ1) is 21.1. The lowest BCUT2D eigenvalue weighted by Crippen LogP contribution is -2.58. The number of carbonyl (C=O) groups excluding carboxylic acids is 3. The van der Waals surface area contributed by atoms with Gasteiger partial charge in [-0.15, -0.1) is 0 Å². The number of amides is 3. The number of carbonyl (C=O) groups is 3. The van der Waals surface area contributed by atoms with Gasteiger partial charge in [0, 0.05) is 12.5 Å². The Morgan fingerprint density at radius 2 is 1.71 bits per heavy atom. The Morgan fingerprint density at radius 3 is 2.32 bits per heavy atom. The average molecular weight is 421 g/mol. The number of cyclic esters (lactones) is 1. The Kier molecular flexibility index (Phi) is 5.81. The van der Waals surface area contributed by atoms with Crippen LogP contribution in [0.15, 0.2) is 60.7 Å². The third-order valence-corrected chi connectivity index (χ3v) is 6.50. The minimum Gasteiger partial charge on any atom is -0.422 e. The van der Waals surface area contributed by atoms with Crippen molar-refractivity contribution in [2.24, 2.45) is 5.92 Å². The van der Waals surface area contributed by atoms with E-state index in [0.717, 1.165) is 35.3 Å². The van der Waals surface area contributed by atoms with Gasteiger partial charge in [0.25, 0.3) is 17.4 Å². The zero-order valence-electron chi connectivity index (χ0n) is 17.9. The lowest BCUT2D eigenvalue weighted by molar-refractivity contribution is -0.151. The molecule has 0 bridgehead atoms. The van der Waals surface area contributed by atoms with Crippen molar-refractivity contribution in [1.29, 1.82) is 0 Å². The summed E-state index contributed by atoms with van der Waals surface area (Å²) < 4.78 is 5.63. The van der Waals surface area contributed by atoms with Crippen molar-refractivity contribution in [3.8, 4) is 0 Å². The van der Waals surface area contributed by atoms with Gasteiger partial charge in [-0.25, -0.2) is 9.69 Å². The van der Waals surface area contributed by atoms with Gasteiger partial charge in [-0.3, -0.25) is 9.59 Å². The maximum absolute atomic E-state index is 13.6. The van der Waals surface area contributed by atoms with Crippen LogP contribution in [0, 0.1) is 5.92 Å². The van der Waals surface area contributed by atoms with Crippen LogP contribution in [0.1, 0.15) is 50.3 Å². The van der Waals surface area contributed by atoms with E-state index in [-0.39, 0.29) is 12.5 Å². The van der Waals surface area contributed by atoms with Gasteiger partial charge in [-0.1, -0.05) is 74.0 Å². The number of nitrogens with one attached hydrogen (secondary N) is 1. The molecule has 2 unspecified atom stereocenters. The fourth-order valence-corrected chi connectivity index (χ4v) is 4.44. The SMILES string of the molecule is CCC1CC(NC(=O)C2(Cc3ccccc3)OC(=O)N(C(C)c3ccccc3)C2=O)C1. The van der Waals surface area contributed by atoms with Crippen molar-refractivity contribution < 1.29 is 19.1 Å². The predicted octanol–water partition coefficient (Wildman–Crippen LogP) is 4.01. The van der Waals surface area contributed by atoms with E-state index in [1.807, 2.05) is 60.7 Å². The summed E-state index contributed by atoms with van der Waals surface area (Å²) in [6, 6.07) is 17.9. The van der Waals surface area contributed by atoms with E-state index in [0.29, 0.717) is 5.92 Å². The highest BCUT2D eigenvalue weighted by Crippen LogP contribution is 2.36. The summed E-state index contributed by atoms with van der Waals surface area (Å²) >= 11 is 0. The van der Waals surface area contributed by atoms with Crippen molar-refractivity contribution in [2.75, 3.05) is 0 Å². The summed E-state index contributed by atoms with van der Waals surface area (Å²) in [4.78, 5) is 41.0. The molecular formula is C25H28N2O4. The molecule has 1 aliphatic heterocycles. The van der Waals surface area contributed by atoms with Crippen molar-refractivity contribution in [3.63, 3.8) is 0 Å². The Bertz CT molecular complexity index is 956. The zero-order valence-corrected chi connectivity index (χ0v) is 17.9. The molecule has 6 heteroatoms. The lowest BCUT2D eigenvalue weighted by atomic mass is 9.78. The summed E-state index contributed by atoms with van der Waals surface area (Å²) in [7, 11) is 0. The number of nitrogens with zero attached hydrogens (tertiary/aromatic N) is 1. The Balaban J connectivity index is 1.63. The van der Waals surface area contributed by atoms with Crippen LogP contribution in [0.2, 0.25) is 0 Å². The highest BCUT2D eigenvalue weighted by atomic mass is 16.6. The first-order valence-electron chi connectivity index (χ1n) is 10.9. The van der Waals surface area contributed by atoms with Crippen LogP contribution >= 0.6 is 0 Å². The Labute approximate surface area is 182 Å². The first-order chi connectivity index (χ1) is 14.9. The molecule has 0 radical (unpaired) electrons. The second-order valence-electron chi connectivity index (χ2n) is 8.54. The van der Waals surface area contributed by atoms with E-state index in [4.69, 9.17) is 4.74 Å². The second kappa shape index (κ2) is 8.53. The number of imide groups is 1. The Morgan fingerprint density at radius 1 is 1.10 bits per heavy atom. The van der Waals surface area contributed by atoms with Crippen LogP contribution in [0.3, 0.4) is 0 Å². The van der Waals surface area contributed by atoms with E-state index < -0.39 is 29.6 Å². The van der Waals surface area contributed by atoms with Crippen LogP contribution in [-0.4, -0.2) is 34.5 Å². The molecule has 31 heavy (non-hydrogen) atoms. The molecule has 1 aliphatic carbocycles. The average Bonchev–Trinajstić information content (AvgIpc) is 3.01. The van der Waals surface area contributed by atoms with Gasteiger partial charge in [-0.05, 0) is 36.8 Å². The van der Waals surface area contributed by atoms with E-state index in [9.17, 15) is 14.4 Å². The van der Waals surface area contributed by atoms with Crippen LogP contribution in [-0.2, 0) is 20.7 Å². The van der Waals surface area contributed by atoms with E-state index >= 15 is 0 Å². The van der Waals surface area contributed by atoms with Crippen molar-refractivity contribution in [2.45, 2.75) is 57.2 Å². The number of benzene rings is 2. The normalized spacial score (nSPS) is 26.2. The lowest BCUT2D eigenvalue weighted by Gasteiger charge is -2.37. The molecule has 2 atom stereocenters. The van der Waals surface area contributed by atoms with E-state index in [2.05, 4.69) is 12.2 Å². The number of hydrogen-bond acceptors (Lipinski definition) is 4. The number of rotatable bonds is 7. The summed E-state index contributed by atoms with van der Waals surface area (Å²) in [5.74, 6) is -0.551. The molecule has 4 rings (SSSR count). The highest BCUT2D eigenvalue weighted by molar-refractivity contribution is 6.17. The topological polar surface area (TPSA) is 75.7 Å². The molecule has 2 fully saturated rings. The van der Waals surface area contributed by atoms with Crippen LogP contribution < -0.4 is 5.32 Å². The molecule has 2 aliphatic rings. The van der Waals surface area contributed by atoms with Crippen molar-refractivity contribution in [3.05, 3.63) is 71.8 Å². The third kappa shape index (κ3) is 3.94. The molecule has 3 amide bonds. The summed E-state index contributed by atoms with van der Waals surface area (Å²) in [5.41, 5.74) is -0.333. The molecule has 1 heterocycles. The van der Waals surface area contributed by atoms with Gasteiger partial charge < -0.3 is 10.1 Å². The predicted molar refractivity (Wildman–Crippen MR) is 116 cm³/mol. The maximum Gasteiger partial charge on any atom is 0.418 e. The fourth-order valence-electron chi connectivity index (χ4n) is 4.44. The molecule has 162 valence electrons. The standard InChI is InChI=1S/C25H28N2O4/c1-3-18-14-21(15-18)26-22(28)25(16-19-10-6-4-7-11-19)23(29)27(24(30)31-25)17(2)20-12-8-5-9-13-20/h4-13,17-18,21H,3,14-16H2,1-2H3,(H,26,28). The maximum atomic E-state index is 13.6. The number of ether oxygens (including phenoxy) is 1. The quantitative estimate of drug-likeness (QED) is 0.687. The van der Waals surface area contributed by atoms with Gasteiger partial charge in [0.05, 0.1) is 6.04 Å². The van der Waals surface area contributed by atoms with Gasteiger partial charge in [-0.2, -0.15) is 0 Å². The Hall–Kier alpha value is -3.15. The van der Waals surface area contributed by atoms with Crippen molar-refractivity contribution >= 4 is 17.9 Å². The highest BCUT2D eigenvalue weighted by Gasteiger charge is 2.61. The second-order valence-corrected chi connectivity index (χ2v) is 8.54.